The number of nitrogens with one attached hydrogen (secondary N) is 2. The summed E-state index contributed by atoms with van der Waals surface area (Å²) in [6.45, 7) is 7.22. The summed E-state index contributed by atoms with van der Waals surface area (Å²) < 4.78 is 16.3. The summed E-state index contributed by atoms with van der Waals surface area (Å²) >= 11 is 0. The van der Waals surface area contributed by atoms with Crippen LogP contribution in [-0.2, 0) is 6.54 Å². The lowest BCUT2D eigenvalue weighted by Gasteiger charge is -2.20. The van der Waals surface area contributed by atoms with Gasteiger partial charge in [0.15, 0.2) is 17.5 Å². The third-order valence-electron chi connectivity index (χ3n) is 4.02. The summed E-state index contributed by atoms with van der Waals surface area (Å²) in [6.07, 6.45) is 2.30. The fourth-order valence-corrected chi connectivity index (χ4v) is 2.56. The predicted molar refractivity (Wildman–Crippen MR) is 118 cm³/mol. The Hall–Kier alpha value is -1.38. The molecule has 26 heavy (non-hydrogen) atoms. The molecular formula is C19H34IN3O3. The Bertz CT molecular complexity index is 565. The first-order chi connectivity index (χ1) is 12.0. The molecule has 1 atom stereocenters. The number of ether oxygens (including phenoxy) is 3. The molecule has 2 N–H and O–H groups in total. The molecule has 150 valence electrons. The van der Waals surface area contributed by atoms with Crippen LogP contribution in [0.2, 0.25) is 0 Å². The largest absolute Gasteiger partial charge is 0.493 e. The van der Waals surface area contributed by atoms with E-state index in [4.69, 9.17) is 14.2 Å². The molecule has 0 amide bonds. The van der Waals surface area contributed by atoms with Crippen LogP contribution in [0.4, 0.5) is 0 Å². The molecule has 1 rings (SSSR count). The van der Waals surface area contributed by atoms with Crippen molar-refractivity contribution in [1.29, 1.82) is 0 Å². The van der Waals surface area contributed by atoms with Crippen molar-refractivity contribution in [3.63, 3.8) is 0 Å². The molecule has 0 aliphatic heterocycles. The zero-order chi connectivity index (χ0) is 18.8. The molecule has 0 heterocycles. The van der Waals surface area contributed by atoms with E-state index in [0.29, 0.717) is 35.8 Å². The van der Waals surface area contributed by atoms with Crippen molar-refractivity contribution in [3.05, 3.63) is 17.7 Å². The molecule has 0 bridgehead atoms. The zero-order valence-electron chi connectivity index (χ0n) is 17.0. The van der Waals surface area contributed by atoms with Gasteiger partial charge >= 0.3 is 0 Å². The Labute approximate surface area is 175 Å². The van der Waals surface area contributed by atoms with Crippen molar-refractivity contribution in [3.8, 4) is 17.2 Å². The quantitative estimate of drug-likeness (QED) is 0.320. The highest BCUT2D eigenvalue weighted by molar-refractivity contribution is 14.0. The maximum atomic E-state index is 5.52. The minimum Gasteiger partial charge on any atom is -0.493 e. The minimum absolute atomic E-state index is 0. The summed E-state index contributed by atoms with van der Waals surface area (Å²) in [6, 6.07) is 4.20. The van der Waals surface area contributed by atoms with Crippen LogP contribution in [0, 0.1) is 5.92 Å². The molecule has 0 aromatic heterocycles. The highest BCUT2D eigenvalue weighted by Gasteiger charge is 2.16. The molecule has 0 spiro atoms. The molecule has 0 aliphatic rings. The molecule has 6 nitrogen and oxygen atoms in total. The second kappa shape index (κ2) is 12.9. The van der Waals surface area contributed by atoms with E-state index in [0.717, 1.165) is 17.9 Å². The van der Waals surface area contributed by atoms with E-state index in [1.54, 1.807) is 28.4 Å². The molecule has 0 aliphatic carbocycles. The van der Waals surface area contributed by atoms with Crippen molar-refractivity contribution in [2.24, 2.45) is 10.9 Å². The van der Waals surface area contributed by atoms with Gasteiger partial charge in [0.1, 0.15) is 0 Å². The third-order valence-corrected chi connectivity index (χ3v) is 4.02. The van der Waals surface area contributed by atoms with Gasteiger partial charge in [-0.1, -0.05) is 13.8 Å². The Morgan fingerprint density at radius 2 is 1.65 bits per heavy atom. The van der Waals surface area contributed by atoms with E-state index in [1.165, 1.54) is 6.42 Å². The van der Waals surface area contributed by atoms with E-state index in [2.05, 4.69) is 36.4 Å². The summed E-state index contributed by atoms with van der Waals surface area (Å²) in [5.41, 5.74) is 0.970. The van der Waals surface area contributed by atoms with Crippen molar-refractivity contribution >= 4 is 29.9 Å². The standard InChI is InChI=1S/C19H33N3O3.HI/c1-13(2)8-9-14(3)22-19(20-4)21-12-15-10-11-16(23-5)18(25-7)17(15)24-6;/h10-11,13-14H,8-9,12H2,1-7H3,(H2,20,21,22);1H. The Morgan fingerprint density at radius 1 is 1.00 bits per heavy atom. The summed E-state index contributed by atoms with van der Waals surface area (Å²) in [5.74, 6) is 3.38. The van der Waals surface area contributed by atoms with Crippen molar-refractivity contribution in [1.82, 2.24) is 10.6 Å². The highest BCUT2D eigenvalue weighted by Crippen LogP contribution is 2.39. The van der Waals surface area contributed by atoms with E-state index in [9.17, 15) is 0 Å². The van der Waals surface area contributed by atoms with Gasteiger partial charge in [-0.15, -0.1) is 24.0 Å². The lowest BCUT2D eigenvalue weighted by atomic mass is 10.0. The number of aliphatic imine (C=N–C) groups is 1. The SMILES string of the molecule is CN=C(NCc1ccc(OC)c(OC)c1OC)NC(C)CCC(C)C.I. The molecule has 0 saturated heterocycles. The number of hydrogen-bond acceptors (Lipinski definition) is 4. The first-order valence-corrected chi connectivity index (χ1v) is 8.71. The van der Waals surface area contributed by atoms with Gasteiger partial charge in [0.25, 0.3) is 0 Å². The van der Waals surface area contributed by atoms with E-state index < -0.39 is 0 Å². The highest BCUT2D eigenvalue weighted by atomic mass is 127. The van der Waals surface area contributed by atoms with Gasteiger partial charge in [-0.3, -0.25) is 4.99 Å². The van der Waals surface area contributed by atoms with Gasteiger partial charge in [-0.05, 0) is 37.8 Å². The Balaban J connectivity index is 0.00000625. The van der Waals surface area contributed by atoms with E-state index >= 15 is 0 Å². The second-order valence-corrected chi connectivity index (χ2v) is 6.44. The number of nitrogens with zero attached hydrogens (tertiary/aromatic N) is 1. The summed E-state index contributed by atoms with van der Waals surface area (Å²) in [4.78, 5) is 4.30. The van der Waals surface area contributed by atoms with Gasteiger partial charge in [-0.2, -0.15) is 0 Å². The number of halogens is 1. The average Bonchev–Trinajstić information content (AvgIpc) is 2.62. The van der Waals surface area contributed by atoms with Gasteiger partial charge in [0, 0.05) is 25.2 Å². The molecule has 0 fully saturated rings. The van der Waals surface area contributed by atoms with Crippen LogP contribution in [0.25, 0.3) is 0 Å². The van der Waals surface area contributed by atoms with Crippen LogP contribution in [0.3, 0.4) is 0 Å². The van der Waals surface area contributed by atoms with Gasteiger partial charge in [-0.25, -0.2) is 0 Å². The monoisotopic (exact) mass is 479 g/mol. The molecule has 7 heteroatoms. The average molecular weight is 479 g/mol. The molecule has 1 unspecified atom stereocenters. The Morgan fingerprint density at radius 3 is 2.15 bits per heavy atom. The summed E-state index contributed by atoms with van der Waals surface area (Å²) in [7, 11) is 6.62. The van der Waals surface area contributed by atoms with E-state index in [1.807, 2.05) is 12.1 Å². The molecular weight excluding hydrogens is 445 g/mol. The Kier molecular flexibility index (Phi) is 12.2. The normalized spacial score (nSPS) is 12.2. The lowest BCUT2D eigenvalue weighted by Crippen LogP contribution is -2.42. The molecule has 1 aromatic rings. The van der Waals surface area contributed by atoms with Gasteiger partial charge < -0.3 is 24.8 Å². The summed E-state index contributed by atoms with van der Waals surface area (Å²) in [5, 5.41) is 6.75. The van der Waals surface area contributed by atoms with Crippen molar-refractivity contribution < 1.29 is 14.2 Å². The molecule has 1 aromatic carbocycles. The zero-order valence-corrected chi connectivity index (χ0v) is 19.3. The molecule has 0 saturated carbocycles. The first kappa shape index (κ1) is 24.6. The van der Waals surface area contributed by atoms with Crippen LogP contribution < -0.4 is 24.8 Å². The maximum absolute atomic E-state index is 5.52. The number of rotatable bonds is 9. The number of hydrogen-bond donors (Lipinski definition) is 2. The first-order valence-electron chi connectivity index (χ1n) is 8.71. The van der Waals surface area contributed by atoms with Crippen LogP contribution in [0.15, 0.2) is 17.1 Å². The van der Waals surface area contributed by atoms with Crippen molar-refractivity contribution in [2.75, 3.05) is 28.4 Å². The predicted octanol–water partition coefficient (Wildman–Crippen LogP) is 3.82. The second-order valence-electron chi connectivity index (χ2n) is 6.44. The van der Waals surface area contributed by atoms with Gasteiger partial charge in [0.05, 0.1) is 21.3 Å². The van der Waals surface area contributed by atoms with E-state index in [-0.39, 0.29) is 24.0 Å². The fourth-order valence-electron chi connectivity index (χ4n) is 2.56. The van der Waals surface area contributed by atoms with Crippen LogP contribution in [-0.4, -0.2) is 40.4 Å². The molecule has 0 radical (unpaired) electrons. The van der Waals surface area contributed by atoms with Crippen LogP contribution in [0.1, 0.15) is 39.2 Å². The van der Waals surface area contributed by atoms with Gasteiger partial charge in [0.2, 0.25) is 5.75 Å². The van der Waals surface area contributed by atoms with Crippen molar-refractivity contribution in [2.45, 2.75) is 46.2 Å². The maximum Gasteiger partial charge on any atom is 0.203 e. The smallest absolute Gasteiger partial charge is 0.203 e. The number of guanidine groups is 1. The topological polar surface area (TPSA) is 64.1 Å². The minimum atomic E-state index is 0. The van der Waals surface area contributed by atoms with Crippen LogP contribution in [0.5, 0.6) is 17.2 Å². The van der Waals surface area contributed by atoms with Crippen LogP contribution >= 0.6 is 24.0 Å². The number of benzene rings is 1. The number of methoxy groups -OCH3 is 3. The lowest BCUT2D eigenvalue weighted by molar-refractivity contribution is 0.322. The third kappa shape index (κ3) is 7.47. The fraction of sp³-hybridized carbons (Fsp3) is 0.632.